The van der Waals surface area contributed by atoms with Crippen molar-refractivity contribution in [2.75, 3.05) is 5.32 Å². The SMILES string of the molecule is Cc1ccc(NC(=O)C[C@@H](NC(=O)c2ccccc2)c2ccccc2)cc1. The first-order valence-electron chi connectivity index (χ1n) is 8.89. The summed E-state index contributed by atoms with van der Waals surface area (Å²) in [6.07, 6.45) is 0.149. The van der Waals surface area contributed by atoms with E-state index in [1.54, 1.807) is 12.1 Å². The zero-order valence-electron chi connectivity index (χ0n) is 15.2. The van der Waals surface area contributed by atoms with Crippen LogP contribution in [0.4, 0.5) is 5.69 Å². The van der Waals surface area contributed by atoms with Gasteiger partial charge in [-0.2, -0.15) is 0 Å². The molecule has 0 aliphatic heterocycles. The van der Waals surface area contributed by atoms with Gasteiger partial charge in [0.15, 0.2) is 0 Å². The summed E-state index contributed by atoms with van der Waals surface area (Å²) < 4.78 is 0. The number of aryl methyl sites for hydroxylation is 1. The summed E-state index contributed by atoms with van der Waals surface area (Å²) >= 11 is 0. The molecule has 0 fully saturated rings. The molecule has 0 aromatic heterocycles. The molecule has 136 valence electrons. The van der Waals surface area contributed by atoms with Crippen LogP contribution in [0.15, 0.2) is 84.9 Å². The van der Waals surface area contributed by atoms with Gasteiger partial charge in [-0.25, -0.2) is 0 Å². The summed E-state index contributed by atoms with van der Waals surface area (Å²) in [7, 11) is 0. The van der Waals surface area contributed by atoms with Gasteiger partial charge in [0.1, 0.15) is 0 Å². The smallest absolute Gasteiger partial charge is 0.251 e. The monoisotopic (exact) mass is 358 g/mol. The first kappa shape index (κ1) is 18.4. The van der Waals surface area contributed by atoms with E-state index in [9.17, 15) is 9.59 Å². The van der Waals surface area contributed by atoms with Crippen molar-refractivity contribution in [2.24, 2.45) is 0 Å². The first-order chi connectivity index (χ1) is 13.1. The third-order valence-corrected chi connectivity index (χ3v) is 4.27. The molecular weight excluding hydrogens is 336 g/mol. The number of hydrogen-bond acceptors (Lipinski definition) is 2. The second-order valence-corrected chi connectivity index (χ2v) is 6.42. The van der Waals surface area contributed by atoms with Gasteiger partial charge >= 0.3 is 0 Å². The second kappa shape index (κ2) is 8.81. The normalized spacial score (nSPS) is 11.4. The predicted octanol–water partition coefficient (Wildman–Crippen LogP) is 4.49. The van der Waals surface area contributed by atoms with Crippen molar-refractivity contribution in [3.05, 3.63) is 102 Å². The van der Waals surface area contributed by atoms with Crippen LogP contribution < -0.4 is 10.6 Å². The molecule has 0 aliphatic carbocycles. The molecule has 0 radical (unpaired) electrons. The lowest BCUT2D eigenvalue weighted by Gasteiger charge is -2.19. The standard InChI is InChI=1S/C23H22N2O2/c1-17-12-14-20(15-13-17)24-22(26)16-21(18-8-4-2-5-9-18)25-23(27)19-10-6-3-7-11-19/h2-15,21H,16H2,1H3,(H,24,26)(H,25,27)/t21-/m1/s1. The molecule has 2 N–H and O–H groups in total. The number of rotatable bonds is 6. The Kier molecular flexibility index (Phi) is 6.00. The van der Waals surface area contributed by atoms with Crippen LogP contribution in [0.5, 0.6) is 0 Å². The van der Waals surface area contributed by atoms with E-state index in [4.69, 9.17) is 0 Å². The van der Waals surface area contributed by atoms with Crippen LogP contribution >= 0.6 is 0 Å². The highest BCUT2D eigenvalue weighted by molar-refractivity contribution is 5.95. The number of amides is 2. The van der Waals surface area contributed by atoms with Crippen LogP contribution in [0.2, 0.25) is 0 Å². The Morgan fingerprint density at radius 2 is 1.41 bits per heavy atom. The lowest BCUT2D eigenvalue weighted by molar-refractivity contribution is -0.116. The molecule has 0 saturated carbocycles. The maximum absolute atomic E-state index is 12.6. The number of carbonyl (C=O) groups excluding carboxylic acids is 2. The topological polar surface area (TPSA) is 58.2 Å². The Hall–Kier alpha value is -3.40. The molecule has 27 heavy (non-hydrogen) atoms. The van der Waals surface area contributed by atoms with Crippen molar-refractivity contribution in [3.63, 3.8) is 0 Å². The Morgan fingerprint density at radius 1 is 0.815 bits per heavy atom. The average molecular weight is 358 g/mol. The number of nitrogens with one attached hydrogen (secondary N) is 2. The lowest BCUT2D eigenvalue weighted by atomic mass is 10.0. The molecule has 3 aromatic rings. The minimum absolute atomic E-state index is 0.149. The number of benzene rings is 3. The molecule has 0 unspecified atom stereocenters. The Bertz CT molecular complexity index is 891. The lowest BCUT2D eigenvalue weighted by Crippen LogP contribution is -2.31. The number of carbonyl (C=O) groups is 2. The molecule has 1 atom stereocenters. The highest BCUT2D eigenvalue weighted by Gasteiger charge is 2.19. The minimum Gasteiger partial charge on any atom is -0.345 e. The molecule has 0 bridgehead atoms. The van der Waals surface area contributed by atoms with E-state index < -0.39 is 6.04 Å². The third-order valence-electron chi connectivity index (χ3n) is 4.27. The van der Waals surface area contributed by atoms with Crippen molar-refractivity contribution in [2.45, 2.75) is 19.4 Å². The predicted molar refractivity (Wildman–Crippen MR) is 108 cm³/mol. The summed E-state index contributed by atoms with van der Waals surface area (Å²) in [5, 5.41) is 5.87. The fraction of sp³-hybridized carbons (Fsp3) is 0.130. The Labute approximate surface area is 159 Å². The van der Waals surface area contributed by atoms with E-state index in [0.29, 0.717) is 5.56 Å². The quantitative estimate of drug-likeness (QED) is 0.682. The van der Waals surface area contributed by atoms with Gasteiger partial charge in [0, 0.05) is 11.3 Å². The van der Waals surface area contributed by atoms with Crippen LogP contribution in [-0.4, -0.2) is 11.8 Å². The van der Waals surface area contributed by atoms with Crippen molar-refractivity contribution < 1.29 is 9.59 Å². The maximum atomic E-state index is 12.6. The molecule has 2 amide bonds. The highest BCUT2D eigenvalue weighted by atomic mass is 16.2. The Balaban J connectivity index is 1.73. The van der Waals surface area contributed by atoms with E-state index >= 15 is 0 Å². The third kappa shape index (κ3) is 5.28. The maximum Gasteiger partial charge on any atom is 0.251 e. The summed E-state index contributed by atoms with van der Waals surface area (Å²) in [6, 6.07) is 25.7. The highest BCUT2D eigenvalue weighted by Crippen LogP contribution is 2.19. The molecule has 3 aromatic carbocycles. The van der Waals surface area contributed by atoms with Gasteiger partial charge in [-0.3, -0.25) is 9.59 Å². The second-order valence-electron chi connectivity index (χ2n) is 6.42. The molecule has 4 heteroatoms. The fourth-order valence-corrected chi connectivity index (χ4v) is 2.80. The molecule has 0 saturated heterocycles. The molecular formula is C23H22N2O2. The fourth-order valence-electron chi connectivity index (χ4n) is 2.80. The molecule has 4 nitrogen and oxygen atoms in total. The van der Waals surface area contributed by atoms with E-state index in [0.717, 1.165) is 16.8 Å². The van der Waals surface area contributed by atoms with Crippen LogP contribution in [0, 0.1) is 6.92 Å². The van der Waals surface area contributed by atoms with E-state index in [1.807, 2.05) is 79.7 Å². The zero-order valence-corrected chi connectivity index (χ0v) is 15.2. The van der Waals surface area contributed by atoms with Crippen molar-refractivity contribution in [1.29, 1.82) is 0 Å². The number of hydrogen-bond donors (Lipinski definition) is 2. The summed E-state index contributed by atoms with van der Waals surface area (Å²) in [5.41, 5.74) is 3.33. The van der Waals surface area contributed by atoms with Gasteiger partial charge in [0.2, 0.25) is 5.91 Å². The summed E-state index contributed by atoms with van der Waals surface area (Å²) in [4.78, 5) is 25.1. The van der Waals surface area contributed by atoms with Crippen molar-refractivity contribution in [1.82, 2.24) is 5.32 Å². The van der Waals surface area contributed by atoms with Crippen molar-refractivity contribution >= 4 is 17.5 Å². The van der Waals surface area contributed by atoms with Gasteiger partial charge in [-0.15, -0.1) is 0 Å². The Morgan fingerprint density at radius 3 is 2.04 bits per heavy atom. The van der Waals surface area contributed by atoms with E-state index in [-0.39, 0.29) is 18.2 Å². The van der Waals surface area contributed by atoms with Gasteiger partial charge < -0.3 is 10.6 Å². The largest absolute Gasteiger partial charge is 0.345 e. The number of anilines is 1. The molecule has 3 rings (SSSR count). The van der Waals surface area contributed by atoms with E-state index in [1.165, 1.54) is 0 Å². The average Bonchev–Trinajstić information content (AvgIpc) is 2.70. The van der Waals surface area contributed by atoms with Crippen molar-refractivity contribution in [3.8, 4) is 0 Å². The van der Waals surface area contributed by atoms with Gasteiger partial charge in [-0.1, -0.05) is 66.2 Å². The van der Waals surface area contributed by atoms with Gasteiger partial charge in [0.05, 0.1) is 12.5 Å². The van der Waals surface area contributed by atoms with Crippen LogP contribution in [-0.2, 0) is 4.79 Å². The zero-order chi connectivity index (χ0) is 19.1. The van der Waals surface area contributed by atoms with E-state index in [2.05, 4.69) is 10.6 Å². The van der Waals surface area contributed by atoms with Crippen LogP contribution in [0.1, 0.15) is 33.9 Å². The first-order valence-corrected chi connectivity index (χ1v) is 8.89. The van der Waals surface area contributed by atoms with Gasteiger partial charge in [-0.05, 0) is 36.8 Å². The molecule has 0 spiro atoms. The van der Waals surface area contributed by atoms with Gasteiger partial charge in [0.25, 0.3) is 5.91 Å². The molecule has 0 heterocycles. The van der Waals surface area contributed by atoms with Crippen LogP contribution in [0.3, 0.4) is 0 Å². The summed E-state index contributed by atoms with van der Waals surface area (Å²) in [5.74, 6) is -0.353. The summed E-state index contributed by atoms with van der Waals surface area (Å²) in [6.45, 7) is 2.00. The molecule has 0 aliphatic rings. The minimum atomic E-state index is -0.413. The van der Waals surface area contributed by atoms with Crippen LogP contribution in [0.25, 0.3) is 0 Å².